The van der Waals surface area contributed by atoms with Crippen LogP contribution in [0.3, 0.4) is 0 Å². The SMILES string of the molecule is CCCCCCC1CCC(=O)N1S(=O)(=O)c1ccc(C)cc1. The molecule has 2 rings (SSSR count). The number of aryl methyl sites for hydroxylation is 1. The summed E-state index contributed by atoms with van der Waals surface area (Å²) in [5.41, 5.74) is 1.00. The van der Waals surface area contributed by atoms with Gasteiger partial charge in [0.2, 0.25) is 5.91 Å². The largest absolute Gasteiger partial charge is 0.274 e. The lowest BCUT2D eigenvalue weighted by Crippen LogP contribution is -2.38. The van der Waals surface area contributed by atoms with Gasteiger partial charge in [-0.3, -0.25) is 4.79 Å². The van der Waals surface area contributed by atoms with Crippen molar-refractivity contribution in [1.29, 1.82) is 0 Å². The average molecular weight is 323 g/mol. The van der Waals surface area contributed by atoms with Crippen molar-refractivity contribution in [3.8, 4) is 0 Å². The number of carbonyl (C=O) groups is 1. The molecule has 1 heterocycles. The van der Waals surface area contributed by atoms with E-state index < -0.39 is 10.0 Å². The summed E-state index contributed by atoms with van der Waals surface area (Å²) < 4.78 is 26.7. The van der Waals surface area contributed by atoms with E-state index in [4.69, 9.17) is 0 Å². The Labute approximate surface area is 133 Å². The second-order valence-corrected chi connectivity index (χ2v) is 7.86. The van der Waals surface area contributed by atoms with Gasteiger partial charge in [0.25, 0.3) is 10.0 Å². The Hall–Kier alpha value is -1.36. The summed E-state index contributed by atoms with van der Waals surface area (Å²) in [4.78, 5) is 12.3. The Morgan fingerprint density at radius 3 is 2.45 bits per heavy atom. The molecule has 1 aliphatic rings. The van der Waals surface area contributed by atoms with E-state index in [2.05, 4.69) is 6.92 Å². The number of benzene rings is 1. The quantitative estimate of drug-likeness (QED) is 0.720. The maximum Gasteiger partial charge on any atom is 0.266 e. The van der Waals surface area contributed by atoms with Crippen molar-refractivity contribution < 1.29 is 13.2 Å². The Kier molecular flexibility index (Phi) is 5.62. The highest BCUT2D eigenvalue weighted by Crippen LogP contribution is 2.30. The van der Waals surface area contributed by atoms with Crippen LogP contribution in [0.15, 0.2) is 29.2 Å². The predicted octanol–water partition coefficient (Wildman–Crippen LogP) is 3.65. The second kappa shape index (κ2) is 7.27. The van der Waals surface area contributed by atoms with Crippen LogP contribution in [0.25, 0.3) is 0 Å². The van der Waals surface area contributed by atoms with Crippen LogP contribution in [0, 0.1) is 6.92 Å². The number of amides is 1. The zero-order valence-corrected chi connectivity index (χ0v) is 14.2. The monoisotopic (exact) mass is 323 g/mol. The van der Waals surface area contributed by atoms with E-state index in [0.29, 0.717) is 12.8 Å². The van der Waals surface area contributed by atoms with E-state index in [1.807, 2.05) is 6.92 Å². The smallest absolute Gasteiger partial charge is 0.266 e. The van der Waals surface area contributed by atoms with Crippen molar-refractivity contribution in [2.75, 3.05) is 0 Å². The highest BCUT2D eigenvalue weighted by atomic mass is 32.2. The van der Waals surface area contributed by atoms with E-state index in [1.165, 1.54) is 0 Å². The molecular formula is C17H25NO3S. The van der Waals surface area contributed by atoms with Gasteiger partial charge < -0.3 is 0 Å². The molecule has 0 aliphatic carbocycles. The number of hydrogen-bond acceptors (Lipinski definition) is 3. The number of rotatable bonds is 7. The molecule has 0 bridgehead atoms. The number of nitrogens with zero attached hydrogens (tertiary/aromatic N) is 1. The molecule has 0 spiro atoms. The van der Waals surface area contributed by atoms with Crippen LogP contribution < -0.4 is 0 Å². The lowest BCUT2D eigenvalue weighted by Gasteiger charge is -2.24. The fourth-order valence-electron chi connectivity index (χ4n) is 2.94. The fourth-order valence-corrected chi connectivity index (χ4v) is 4.61. The van der Waals surface area contributed by atoms with E-state index in [-0.39, 0.29) is 16.8 Å². The van der Waals surface area contributed by atoms with Gasteiger partial charge in [0, 0.05) is 12.5 Å². The summed E-state index contributed by atoms with van der Waals surface area (Å²) >= 11 is 0. The molecule has 0 saturated carbocycles. The molecule has 1 aromatic rings. The number of sulfonamides is 1. The molecule has 0 aromatic heterocycles. The van der Waals surface area contributed by atoms with Crippen molar-refractivity contribution >= 4 is 15.9 Å². The first kappa shape index (κ1) is 17.0. The third-order valence-corrected chi connectivity index (χ3v) is 6.13. The molecule has 1 unspecified atom stereocenters. The van der Waals surface area contributed by atoms with Crippen molar-refractivity contribution in [3.05, 3.63) is 29.8 Å². The van der Waals surface area contributed by atoms with Gasteiger partial charge in [-0.25, -0.2) is 12.7 Å². The maximum absolute atomic E-state index is 12.8. The van der Waals surface area contributed by atoms with E-state index in [1.54, 1.807) is 24.3 Å². The summed E-state index contributed by atoms with van der Waals surface area (Å²) in [6, 6.07) is 6.54. The van der Waals surface area contributed by atoms with Crippen LogP contribution in [0.1, 0.15) is 57.4 Å². The normalized spacial score (nSPS) is 18.9. The van der Waals surface area contributed by atoms with Crippen molar-refractivity contribution in [3.63, 3.8) is 0 Å². The molecule has 1 amide bonds. The fraction of sp³-hybridized carbons (Fsp3) is 0.588. The summed E-state index contributed by atoms with van der Waals surface area (Å²) in [6.45, 7) is 4.06. The number of unbranched alkanes of at least 4 members (excludes halogenated alkanes) is 3. The average Bonchev–Trinajstić information content (AvgIpc) is 2.86. The molecule has 4 nitrogen and oxygen atoms in total. The summed E-state index contributed by atoms with van der Waals surface area (Å²) in [7, 11) is -3.71. The van der Waals surface area contributed by atoms with Gasteiger partial charge in [-0.2, -0.15) is 0 Å². The first-order valence-corrected chi connectivity index (χ1v) is 9.54. The number of carbonyl (C=O) groups excluding carboxylic acids is 1. The van der Waals surface area contributed by atoms with Crippen LogP contribution in [-0.4, -0.2) is 24.7 Å². The predicted molar refractivity (Wildman–Crippen MR) is 87.0 cm³/mol. The Morgan fingerprint density at radius 1 is 1.14 bits per heavy atom. The van der Waals surface area contributed by atoms with Crippen LogP contribution in [0.2, 0.25) is 0 Å². The minimum atomic E-state index is -3.71. The van der Waals surface area contributed by atoms with Gasteiger partial charge in [-0.15, -0.1) is 0 Å². The maximum atomic E-state index is 12.8. The lowest BCUT2D eigenvalue weighted by molar-refractivity contribution is -0.124. The standard InChI is InChI=1S/C17H25NO3S/c1-3-4-5-6-7-15-10-13-17(19)18(15)22(20,21)16-11-8-14(2)9-12-16/h8-9,11-12,15H,3-7,10,13H2,1-2H3. The van der Waals surface area contributed by atoms with Gasteiger partial charge in [0.15, 0.2) is 0 Å². The molecule has 0 radical (unpaired) electrons. The molecule has 5 heteroatoms. The topological polar surface area (TPSA) is 54.5 Å². The summed E-state index contributed by atoms with van der Waals surface area (Å²) in [5, 5.41) is 0. The van der Waals surface area contributed by atoms with Crippen LogP contribution in [0.4, 0.5) is 0 Å². The molecule has 122 valence electrons. The number of hydrogen-bond donors (Lipinski definition) is 0. The molecule has 1 aliphatic heterocycles. The van der Waals surface area contributed by atoms with Crippen molar-refractivity contribution in [1.82, 2.24) is 4.31 Å². The van der Waals surface area contributed by atoms with Gasteiger partial charge >= 0.3 is 0 Å². The highest BCUT2D eigenvalue weighted by Gasteiger charge is 2.39. The zero-order valence-electron chi connectivity index (χ0n) is 13.4. The molecule has 1 atom stereocenters. The Morgan fingerprint density at radius 2 is 1.82 bits per heavy atom. The van der Waals surface area contributed by atoms with Gasteiger partial charge in [-0.1, -0.05) is 50.3 Å². The molecule has 1 saturated heterocycles. The molecule has 1 aromatic carbocycles. The Bertz CT molecular complexity index is 607. The summed E-state index contributed by atoms with van der Waals surface area (Å²) in [6.07, 6.45) is 6.14. The third kappa shape index (κ3) is 3.69. The molecule has 0 N–H and O–H groups in total. The van der Waals surface area contributed by atoms with Crippen molar-refractivity contribution in [2.45, 2.75) is 69.7 Å². The highest BCUT2D eigenvalue weighted by molar-refractivity contribution is 7.89. The van der Waals surface area contributed by atoms with E-state index >= 15 is 0 Å². The van der Waals surface area contributed by atoms with Gasteiger partial charge in [0.1, 0.15) is 0 Å². The third-order valence-electron chi connectivity index (χ3n) is 4.24. The van der Waals surface area contributed by atoms with E-state index in [0.717, 1.165) is 42.0 Å². The molecule has 1 fully saturated rings. The second-order valence-electron chi connectivity index (χ2n) is 6.05. The van der Waals surface area contributed by atoms with Gasteiger partial charge in [-0.05, 0) is 31.9 Å². The minimum absolute atomic E-state index is 0.171. The molecule has 22 heavy (non-hydrogen) atoms. The first-order valence-electron chi connectivity index (χ1n) is 8.10. The summed E-state index contributed by atoms with van der Waals surface area (Å²) in [5.74, 6) is -0.263. The first-order chi connectivity index (χ1) is 10.5. The van der Waals surface area contributed by atoms with Crippen LogP contribution in [0.5, 0.6) is 0 Å². The van der Waals surface area contributed by atoms with Crippen molar-refractivity contribution in [2.24, 2.45) is 0 Å². The van der Waals surface area contributed by atoms with Crippen LogP contribution >= 0.6 is 0 Å². The van der Waals surface area contributed by atoms with E-state index in [9.17, 15) is 13.2 Å². The Balaban J connectivity index is 2.15. The van der Waals surface area contributed by atoms with Gasteiger partial charge in [0.05, 0.1) is 4.90 Å². The lowest BCUT2D eigenvalue weighted by atomic mass is 10.1. The minimum Gasteiger partial charge on any atom is -0.274 e. The van der Waals surface area contributed by atoms with Crippen LogP contribution in [-0.2, 0) is 14.8 Å². The zero-order chi connectivity index (χ0) is 16.2. The molecular weight excluding hydrogens is 298 g/mol.